The summed E-state index contributed by atoms with van der Waals surface area (Å²) in [5.41, 5.74) is 5.30. The van der Waals surface area contributed by atoms with Crippen molar-refractivity contribution in [1.82, 2.24) is 0 Å². The van der Waals surface area contributed by atoms with Crippen LogP contribution in [-0.4, -0.2) is 22.4 Å². The van der Waals surface area contributed by atoms with Crippen molar-refractivity contribution in [2.45, 2.75) is 58.2 Å². The summed E-state index contributed by atoms with van der Waals surface area (Å²) in [6.45, 7) is 8.54. The van der Waals surface area contributed by atoms with Gasteiger partial charge >= 0.3 is 5.97 Å². The van der Waals surface area contributed by atoms with Gasteiger partial charge in [-0.1, -0.05) is 34.1 Å². The Morgan fingerprint density at radius 2 is 1.80 bits per heavy atom. The number of thiol groups is 1. The zero-order chi connectivity index (χ0) is 12.4. The average Bonchev–Trinajstić information content (AvgIpc) is 2.02. The molecule has 0 aliphatic rings. The summed E-state index contributed by atoms with van der Waals surface area (Å²) in [5.74, 6) is -0.111. The normalized spacial score (nSPS) is 14.1. The summed E-state index contributed by atoms with van der Waals surface area (Å²) < 4.78 is 0. The minimum absolute atomic E-state index is 0.117. The molecule has 0 bridgehead atoms. The molecule has 3 N–H and O–H groups in total. The third-order valence-electron chi connectivity index (χ3n) is 1.47. The highest BCUT2D eigenvalue weighted by Gasteiger charge is 2.14. The number of hydrogen-bond acceptors (Lipinski definition) is 3. The molecule has 3 nitrogen and oxygen atoms in total. The van der Waals surface area contributed by atoms with E-state index in [1.54, 1.807) is 0 Å². The Hall–Kier alpha value is -0.220. The maximum Gasteiger partial charge on any atom is 0.320 e. The number of carboxylic acid groups (broad SMARTS) is 1. The molecule has 0 fully saturated rings. The van der Waals surface area contributed by atoms with Gasteiger partial charge in [0.2, 0.25) is 0 Å². The van der Waals surface area contributed by atoms with Gasteiger partial charge in [-0.2, -0.15) is 12.6 Å². The molecule has 0 radical (unpaired) electrons. The topological polar surface area (TPSA) is 63.3 Å². The molecule has 0 amide bonds. The van der Waals surface area contributed by atoms with E-state index in [0.717, 1.165) is 18.8 Å². The smallest absolute Gasteiger partial charge is 0.320 e. The largest absolute Gasteiger partial charge is 0.480 e. The van der Waals surface area contributed by atoms with Crippen molar-refractivity contribution in [3.8, 4) is 0 Å². The van der Waals surface area contributed by atoms with Crippen LogP contribution in [0.1, 0.15) is 47.0 Å². The van der Waals surface area contributed by atoms with E-state index >= 15 is 0 Å². The monoisotopic (exact) mass is 235 g/mol. The Morgan fingerprint density at radius 1 is 1.40 bits per heavy atom. The van der Waals surface area contributed by atoms with E-state index in [-0.39, 0.29) is 5.25 Å². The Bertz CT molecular complexity index is 160. The number of rotatable bonds is 5. The van der Waals surface area contributed by atoms with Gasteiger partial charge in [-0.05, 0) is 18.8 Å². The molecule has 0 rings (SSSR count). The molecule has 0 aliphatic carbocycles. The van der Waals surface area contributed by atoms with E-state index in [2.05, 4.69) is 33.4 Å². The predicted molar refractivity (Wildman–Crippen MR) is 68.4 cm³/mol. The molecule has 15 heavy (non-hydrogen) atoms. The lowest BCUT2D eigenvalue weighted by Gasteiger charge is -2.11. The van der Waals surface area contributed by atoms with Gasteiger partial charge in [0, 0.05) is 5.25 Å². The van der Waals surface area contributed by atoms with E-state index in [1.807, 2.05) is 6.92 Å². The zero-order valence-electron chi connectivity index (χ0n) is 10.2. The lowest BCUT2D eigenvalue weighted by atomic mass is 10.1. The third-order valence-corrected chi connectivity index (χ3v) is 1.93. The molecule has 0 aromatic carbocycles. The summed E-state index contributed by atoms with van der Waals surface area (Å²) in [6.07, 6.45) is 2.39. The van der Waals surface area contributed by atoms with Crippen LogP contribution in [0.2, 0.25) is 0 Å². The quantitative estimate of drug-likeness (QED) is 0.642. The van der Waals surface area contributed by atoms with Gasteiger partial charge in [0.1, 0.15) is 6.04 Å². The Morgan fingerprint density at radius 3 is 2.07 bits per heavy atom. The van der Waals surface area contributed by atoms with Crippen molar-refractivity contribution in [3.05, 3.63) is 0 Å². The van der Waals surface area contributed by atoms with Crippen LogP contribution < -0.4 is 5.73 Å². The Balaban J connectivity index is 0. The fraction of sp³-hybridized carbons (Fsp3) is 0.909. The first-order valence-corrected chi connectivity index (χ1v) is 5.99. The maximum absolute atomic E-state index is 10.3. The van der Waals surface area contributed by atoms with Crippen molar-refractivity contribution in [2.75, 3.05) is 0 Å². The highest BCUT2D eigenvalue weighted by Crippen LogP contribution is 2.10. The van der Waals surface area contributed by atoms with Crippen LogP contribution in [0, 0.1) is 5.92 Å². The van der Waals surface area contributed by atoms with Crippen LogP contribution in [0.4, 0.5) is 0 Å². The second kappa shape index (κ2) is 10.3. The van der Waals surface area contributed by atoms with Crippen molar-refractivity contribution in [1.29, 1.82) is 0 Å². The average molecular weight is 235 g/mol. The molecule has 4 heteroatoms. The van der Waals surface area contributed by atoms with E-state index < -0.39 is 12.0 Å². The number of carboxylic acids is 1. The lowest BCUT2D eigenvalue weighted by molar-refractivity contribution is -0.138. The fourth-order valence-electron chi connectivity index (χ4n) is 0.845. The molecule has 2 unspecified atom stereocenters. The zero-order valence-corrected chi connectivity index (χ0v) is 11.1. The van der Waals surface area contributed by atoms with Crippen LogP contribution in [-0.2, 0) is 4.79 Å². The minimum atomic E-state index is -0.944. The summed E-state index contributed by atoms with van der Waals surface area (Å²) in [6, 6.07) is -0.760. The molecule has 0 aromatic heterocycles. The van der Waals surface area contributed by atoms with Crippen LogP contribution in [0.5, 0.6) is 0 Å². The van der Waals surface area contributed by atoms with Gasteiger partial charge in [-0.3, -0.25) is 4.79 Å². The van der Waals surface area contributed by atoms with Crippen LogP contribution >= 0.6 is 12.6 Å². The van der Waals surface area contributed by atoms with Gasteiger partial charge in [0.05, 0.1) is 0 Å². The fourth-order valence-corrected chi connectivity index (χ4v) is 1.33. The van der Waals surface area contributed by atoms with E-state index in [1.165, 1.54) is 0 Å². The van der Waals surface area contributed by atoms with Crippen molar-refractivity contribution < 1.29 is 9.90 Å². The molecule has 0 saturated carbocycles. The van der Waals surface area contributed by atoms with Crippen LogP contribution in [0.3, 0.4) is 0 Å². The number of aliphatic carboxylic acids is 1. The van der Waals surface area contributed by atoms with Gasteiger partial charge in [0.15, 0.2) is 0 Å². The minimum Gasteiger partial charge on any atom is -0.480 e. The van der Waals surface area contributed by atoms with Gasteiger partial charge in [-0.15, -0.1) is 0 Å². The summed E-state index contributed by atoms with van der Waals surface area (Å²) in [7, 11) is 0. The first kappa shape index (κ1) is 17.2. The molecule has 0 heterocycles. The van der Waals surface area contributed by atoms with Crippen molar-refractivity contribution in [2.24, 2.45) is 11.7 Å². The van der Waals surface area contributed by atoms with Crippen molar-refractivity contribution in [3.63, 3.8) is 0 Å². The third kappa shape index (κ3) is 16.5. The number of nitrogens with two attached hydrogens (primary N) is 1. The predicted octanol–water partition coefficient (Wildman–Crippen LogP) is 2.55. The summed E-state index contributed by atoms with van der Waals surface area (Å²) >= 11 is 4.20. The highest BCUT2D eigenvalue weighted by molar-refractivity contribution is 7.80. The van der Waals surface area contributed by atoms with Crippen LogP contribution in [0.25, 0.3) is 0 Å². The number of hydrogen-bond donors (Lipinski definition) is 3. The van der Waals surface area contributed by atoms with Crippen LogP contribution in [0.15, 0.2) is 0 Å². The summed E-state index contributed by atoms with van der Waals surface area (Å²) in [5, 5.41) is 8.56. The summed E-state index contributed by atoms with van der Waals surface area (Å²) in [4.78, 5) is 10.3. The van der Waals surface area contributed by atoms with Gasteiger partial charge in [-0.25, -0.2) is 0 Å². The molecule has 92 valence electrons. The maximum atomic E-state index is 10.3. The van der Waals surface area contributed by atoms with Gasteiger partial charge < -0.3 is 10.8 Å². The first-order valence-electron chi connectivity index (χ1n) is 5.47. The molecule has 0 aliphatic heterocycles. The van der Waals surface area contributed by atoms with Crippen molar-refractivity contribution >= 4 is 18.6 Å². The molecule has 0 saturated heterocycles. The SMILES string of the molecule is CC(C)C.CCCC(S)CC(N)C(=O)O. The Labute approximate surface area is 98.8 Å². The van der Waals surface area contributed by atoms with E-state index in [9.17, 15) is 4.79 Å². The Kier molecular flexibility index (Phi) is 11.8. The molecular formula is C11H25NO2S. The molecule has 2 atom stereocenters. The van der Waals surface area contributed by atoms with Gasteiger partial charge in [0.25, 0.3) is 0 Å². The second-order valence-corrected chi connectivity index (χ2v) is 5.09. The molecule has 0 aromatic rings. The number of carbonyl (C=O) groups is 1. The highest BCUT2D eigenvalue weighted by atomic mass is 32.1. The van der Waals surface area contributed by atoms with E-state index in [0.29, 0.717) is 6.42 Å². The lowest BCUT2D eigenvalue weighted by Crippen LogP contribution is -2.32. The second-order valence-electron chi connectivity index (χ2n) is 4.35. The molecular weight excluding hydrogens is 210 g/mol. The molecule has 0 spiro atoms. The first-order chi connectivity index (χ1) is 6.81. The van der Waals surface area contributed by atoms with E-state index in [4.69, 9.17) is 10.8 Å². The standard InChI is InChI=1S/C7H15NO2S.C4H10/c1-2-3-5(11)4-6(8)7(9)10;1-4(2)3/h5-6,11H,2-4,8H2,1H3,(H,9,10);4H,1-3H3.